The van der Waals surface area contributed by atoms with Gasteiger partial charge in [0.1, 0.15) is 11.8 Å². The number of rotatable bonds is 3. The molecule has 0 N–H and O–H groups in total. The van der Waals surface area contributed by atoms with E-state index in [1.54, 1.807) is 31.2 Å². The molecule has 1 unspecified atom stereocenters. The number of benzene rings is 1. The first-order chi connectivity index (χ1) is 8.72. The zero-order valence-corrected chi connectivity index (χ0v) is 10.1. The number of carbonyl (C=O) groups excluding carboxylic acids is 1. The normalized spacial score (nSPS) is 16.1. The molecule has 0 spiro atoms. The molecule has 94 valence electrons. The van der Waals surface area contributed by atoms with Crippen LogP contribution in [0.25, 0.3) is 0 Å². The van der Waals surface area contributed by atoms with Crippen LogP contribution in [-0.2, 0) is 9.63 Å². The Morgan fingerprint density at radius 2 is 2.33 bits per heavy atom. The third-order valence-corrected chi connectivity index (χ3v) is 2.66. The van der Waals surface area contributed by atoms with E-state index in [0.717, 1.165) is 6.42 Å². The summed E-state index contributed by atoms with van der Waals surface area (Å²) in [5.41, 5.74) is 0.416. The van der Waals surface area contributed by atoms with Crippen LogP contribution in [0.15, 0.2) is 24.3 Å². The highest BCUT2D eigenvalue weighted by Crippen LogP contribution is 2.19. The smallest absolute Gasteiger partial charge is 0.286 e. The van der Waals surface area contributed by atoms with Gasteiger partial charge in [0.25, 0.3) is 5.91 Å². The predicted octanol–water partition coefficient (Wildman–Crippen LogP) is 1.49. The molecular weight excluding hydrogens is 232 g/mol. The Balaban J connectivity index is 2.04. The summed E-state index contributed by atoms with van der Waals surface area (Å²) in [6.45, 7) is 2.80. The fourth-order valence-electron chi connectivity index (χ4n) is 1.73. The molecule has 5 heteroatoms. The van der Waals surface area contributed by atoms with Crippen molar-refractivity contribution in [1.29, 1.82) is 5.26 Å². The molecule has 5 nitrogen and oxygen atoms in total. The molecule has 1 aliphatic heterocycles. The number of hydrogen-bond acceptors (Lipinski definition) is 4. The van der Waals surface area contributed by atoms with Gasteiger partial charge >= 0.3 is 0 Å². The molecule has 0 aliphatic carbocycles. The van der Waals surface area contributed by atoms with Crippen molar-refractivity contribution in [3.63, 3.8) is 0 Å². The molecule has 1 amide bonds. The highest BCUT2D eigenvalue weighted by atomic mass is 16.7. The summed E-state index contributed by atoms with van der Waals surface area (Å²) >= 11 is 0. The van der Waals surface area contributed by atoms with Gasteiger partial charge in [-0.1, -0.05) is 12.1 Å². The minimum absolute atomic E-state index is 0.222. The number of carbonyl (C=O) groups is 1. The van der Waals surface area contributed by atoms with E-state index in [2.05, 4.69) is 0 Å². The van der Waals surface area contributed by atoms with Crippen molar-refractivity contribution in [1.82, 2.24) is 5.06 Å². The maximum Gasteiger partial charge on any atom is 0.286 e. The maximum absolute atomic E-state index is 11.9. The van der Waals surface area contributed by atoms with E-state index in [1.807, 2.05) is 6.07 Å². The molecule has 1 aromatic rings. The van der Waals surface area contributed by atoms with Gasteiger partial charge in [-0.05, 0) is 25.5 Å². The average Bonchev–Trinajstić information content (AvgIpc) is 2.92. The molecule has 0 bridgehead atoms. The van der Waals surface area contributed by atoms with E-state index in [9.17, 15) is 4.79 Å². The Morgan fingerprint density at radius 3 is 3.00 bits per heavy atom. The number of nitriles is 1. The Bertz CT molecular complexity index is 475. The minimum atomic E-state index is -0.669. The summed E-state index contributed by atoms with van der Waals surface area (Å²) in [7, 11) is 0. The molecular formula is C13H14N2O3. The summed E-state index contributed by atoms with van der Waals surface area (Å²) in [4.78, 5) is 17.1. The topological polar surface area (TPSA) is 62.6 Å². The lowest BCUT2D eigenvalue weighted by Crippen LogP contribution is -2.38. The van der Waals surface area contributed by atoms with E-state index in [4.69, 9.17) is 14.8 Å². The number of hydrogen-bond donors (Lipinski definition) is 0. The van der Waals surface area contributed by atoms with Gasteiger partial charge in [-0.15, -0.1) is 0 Å². The first-order valence-corrected chi connectivity index (χ1v) is 5.82. The SMILES string of the molecule is CC(Oc1ccccc1C#N)C(=O)N1CCCO1. The summed E-state index contributed by atoms with van der Waals surface area (Å²) in [5.74, 6) is 0.195. The average molecular weight is 246 g/mol. The van der Waals surface area contributed by atoms with Crippen LogP contribution >= 0.6 is 0 Å². The third kappa shape index (κ3) is 2.60. The number of nitrogens with zero attached hydrogens (tertiary/aromatic N) is 2. The zero-order chi connectivity index (χ0) is 13.0. The van der Waals surface area contributed by atoms with Gasteiger partial charge in [-0.2, -0.15) is 5.26 Å². The molecule has 1 fully saturated rings. The largest absolute Gasteiger partial charge is 0.479 e. The van der Waals surface area contributed by atoms with Crippen molar-refractivity contribution < 1.29 is 14.4 Å². The van der Waals surface area contributed by atoms with Gasteiger partial charge in [0.15, 0.2) is 6.10 Å². The fraction of sp³-hybridized carbons (Fsp3) is 0.385. The molecule has 2 rings (SSSR count). The van der Waals surface area contributed by atoms with Crippen LogP contribution in [0.2, 0.25) is 0 Å². The van der Waals surface area contributed by atoms with Crippen LogP contribution in [0.1, 0.15) is 18.9 Å². The molecule has 0 radical (unpaired) electrons. The second-order valence-electron chi connectivity index (χ2n) is 4.00. The van der Waals surface area contributed by atoms with Crippen LogP contribution in [0.4, 0.5) is 0 Å². The Labute approximate surface area is 105 Å². The zero-order valence-electron chi connectivity index (χ0n) is 10.1. The first-order valence-electron chi connectivity index (χ1n) is 5.82. The monoisotopic (exact) mass is 246 g/mol. The highest BCUT2D eigenvalue weighted by molar-refractivity contribution is 5.80. The van der Waals surface area contributed by atoms with Crippen LogP contribution in [0.5, 0.6) is 5.75 Å². The van der Waals surface area contributed by atoms with E-state index in [-0.39, 0.29) is 5.91 Å². The summed E-state index contributed by atoms with van der Waals surface area (Å²) in [6, 6.07) is 8.87. The van der Waals surface area contributed by atoms with Crippen molar-refractivity contribution in [3.05, 3.63) is 29.8 Å². The second-order valence-corrected chi connectivity index (χ2v) is 4.00. The lowest BCUT2D eigenvalue weighted by atomic mass is 10.2. The molecule has 1 aromatic carbocycles. The van der Waals surface area contributed by atoms with Gasteiger partial charge in [-0.25, -0.2) is 5.06 Å². The van der Waals surface area contributed by atoms with Crippen LogP contribution in [0.3, 0.4) is 0 Å². The molecule has 1 atom stereocenters. The standard InChI is InChI=1S/C13H14N2O3/c1-10(13(16)15-7-4-8-17-15)18-12-6-3-2-5-11(12)9-14/h2-3,5-6,10H,4,7-8H2,1H3. The number of amides is 1. The van der Waals surface area contributed by atoms with Gasteiger partial charge in [0.2, 0.25) is 0 Å². The fourth-order valence-corrected chi connectivity index (χ4v) is 1.73. The van der Waals surface area contributed by atoms with Crippen LogP contribution in [0, 0.1) is 11.3 Å². The van der Waals surface area contributed by atoms with Crippen molar-refractivity contribution in [3.8, 4) is 11.8 Å². The Morgan fingerprint density at radius 1 is 1.56 bits per heavy atom. The molecule has 0 aromatic heterocycles. The third-order valence-electron chi connectivity index (χ3n) is 2.66. The van der Waals surface area contributed by atoms with Crippen LogP contribution < -0.4 is 4.74 Å². The number of hydroxylamine groups is 2. The van der Waals surface area contributed by atoms with E-state index in [0.29, 0.717) is 24.5 Å². The predicted molar refractivity (Wildman–Crippen MR) is 63.5 cm³/mol. The van der Waals surface area contributed by atoms with Crippen molar-refractivity contribution in [2.75, 3.05) is 13.2 Å². The molecule has 18 heavy (non-hydrogen) atoms. The Kier molecular flexibility index (Phi) is 3.80. The van der Waals surface area contributed by atoms with Gasteiger partial charge in [0.05, 0.1) is 18.7 Å². The number of para-hydroxylation sites is 1. The Hall–Kier alpha value is -2.06. The lowest BCUT2D eigenvalue weighted by Gasteiger charge is -2.20. The second kappa shape index (κ2) is 5.52. The quantitative estimate of drug-likeness (QED) is 0.810. The molecule has 1 saturated heterocycles. The van der Waals surface area contributed by atoms with Crippen molar-refractivity contribution in [2.45, 2.75) is 19.4 Å². The summed E-state index contributed by atoms with van der Waals surface area (Å²) in [5, 5.41) is 10.3. The van der Waals surface area contributed by atoms with Gasteiger partial charge in [-0.3, -0.25) is 9.63 Å². The van der Waals surface area contributed by atoms with Gasteiger partial charge in [0, 0.05) is 0 Å². The van der Waals surface area contributed by atoms with E-state index in [1.165, 1.54) is 5.06 Å². The summed E-state index contributed by atoms with van der Waals surface area (Å²) in [6.07, 6.45) is 0.172. The van der Waals surface area contributed by atoms with Gasteiger partial charge < -0.3 is 4.74 Å². The summed E-state index contributed by atoms with van der Waals surface area (Å²) < 4.78 is 5.52. The van der Waals surface area contributed by atoms with E-state index < -0.39 is 6.10 Å². The van der Waals surface area contributed by atoms with Crippen molar-refractivity contribution in [2.24, 2.45) is 0 Å². The molecule has 1 aliphatic rings. The highest BCUT2D eigenvalue weighted by Gasteiger charge is 2.26. The van der Waals surface area contributed by atoms with Crippen molar-refractivity contribution >= 4 is 5.91 Å². The maximum atomic E-state index is 11.9. The number of ether oxygens (including phenoxy) is 1. The van der Waals surface area contributed by atoms with E-state index >= 15 is 0 Å². The lowest BCUT2D eigenvalue weighted by molar-refractivity contribution is -0.175. The molecule has 1 heterocycles. The minimum Gasteiger partial charge on any atom is -0.479 e. The first kappa shape index (κ1) is 12.4. The van der Waals surface area contributed by atoms with Crippen LogP contribution in [-0.4, -0.2) is 30.2 Å². The molecule has 0 saturated carbocycles.